The summed E-state index contributed by atoms with van der Waals surface area (Å²) in [6.07, 6.45) is 5.04. The van der Waals surface area contributed by atoms with E-state index in [4.69, 9.17) is 5.73 Å². The van der Waals surface area contributed by atoms with E-state index in [0.29, 0.717) is 19.3 Å². The Balaban J connectivity index is 3.52. The van der Waals surface area contributed by atoms with Crippen LogP contribution < -0.4 is 5.73 Å². The van der Waals surface area contributed by atoms with E-state index < -0.39 is 0 Å². The summed E-state index contributed by atoms with van der Waals surface area (Å²) in [4.78, 5) is 22.8. The molecule has 0 heterocycles. The number of nitrogens with zero attached hydrogens (tertiary/aromatic N) is 1. The molecule has 0 aliphatic carbocycles. The van der Waals surface area contributed by atoms with Gasteiger partial charge in [-0.1, -0.05) is 6.08 Å². The molecule has 0 aromatic carbocycles. The minimum Gasteiger partial charge on any atom is -0.370 e. The van der Waals surface area contributed by atoms with Crippen molar-refractivity contribution in [1.82, 2.24) is 4.90 Å². The van der Waals surface area contributed by atoms with Gasteiger partial charge in [0.15, 0.2) is 0 Å². The molecule has 0 saturated carbocycles. The molecular formula is C9H16N2O2. The quantitative estimate of drug-likeness (QED) is 0.493. The molecule has 13 heavy (non-hydrogen) atoms. The summed E-state index contributed by atoms with van der Waals surface area (Å²) in [6.45, 7) is 0. The molecule has 0 bridgehead atoms. The Hall–Kier alpha value is -1.32. The molecule has 0 saturated heterocycles. The molecule has 0 unspecified atom stereocenters. The molecule has 0 aromatic rings. The zero-order valence-electron chi connectivity index (χ0n) is 8.12. The fourth-order valence-corrected chi connectivity index (χ4v) is 0.727. The topological polar surface area (TPSA) is 63.4 Å². The fourth-order valence-electron chi connectivity index (χ4n) is 0.727. The highest BCUT2D eigenvalue weighted by molar-refractivity contribution is 5.87. The SMILES string of the molecule is CN(C)C(=O)C=CCCCC(N)=O. The van der Waals surface area contributed by atoms with Crippen LogP contribution in [0.5, 0.6) is 0 Å². The van der Waals surface area contributed by atoms with Gasteiger partial charge in [0.25, 0.3) is 0 Å². The monoisotopic (exact) mass is 184 g/mol. The van der Waals surface area contributed by atoms with Crippen LogP contribution in [0, 0.1) is 0 Å². The van der Waals surface area contributed by atoms with Crippen molar-refractivity contribution in [3.8, 4) is 0 Å². The maximum Gasteiger partial charge on any atom is 0.245 e. The summed E-state index contributed by atoms with van der Waals surface area (Å²) in [6, 6.07) is 0. The van der Waals surface area contributed by atoms with Gasteiger partial charge in [-0.05, 0) is 18.9 Å². The van der Waals surface area contributed by atoms with Gasteiger partial charge in [0.2, 0.25) is 11.8 Å². The van der Waals surface area contributed by atoms with Gasteiger partial charge in [0.1, 0.15) is 0 Å². The average Bonchev–Trinajstić information content (AvgIpc) is 2.02. The first kappa shape index (κ1) is 11.7. The Labute approximate surface area is 78.4 Å². The van der Waals surface area contributed by atoms with Crippen molar-refractivity contribution in [2.75, 3.05) is 14.1 Å². The summed E-state index contributed by atoms with van der Waals surface area (Å²) in [5, 5.41) is 0. The molecule has 2 N–H and O–H groups in total. The first-order chi connectivity index (χ1) is 6.04. The molecule has 74 valence electrons. The van der Waals surface area contributed by atoms with Crippen molar-refractivity contribution in [1.29, 1.82) is 0 Å². The number of unbranched alkanes of at least 4 members (excludes halogenated alkanes) is 1. The number of amides is 2. The van der Waals surface area contributed by atoms with E-state index in [9.17, 15) is 9.59 Å². The Morgan fingerprint density at radius 3 is 2.46 bits per heavy atom. The van der Waals surface area contributed by atoms with Crippen LogP contribution in [0.2, 0.25) is 0 Å². The number of primary amides is 1. The second-order valence-corrected chi connectivity index (χ2v) is 2.99. The number of likely N-dealkylation sites (N-methyl/N-ethyl adjacent to an activating group) is 1. The Bertz CT molecular complexity index is 210. The van der Waals surface area contributed by atoms with Gasteiger partial charge in [-0.25, -0.2) is 0 Å². The number of carbonyl (C=O) groups is 2. The normalized spacial score (nSPS) is 10.3. The van der Waals surface area contributed by atoms with E-state index in [2.05, 4.69) is 0 Å². The first-order valence-corrected chi connectivity index (χ1v) is 4.20. The van der Waals surface area contributed by atoms with Crippen LogP contribution in [-0.4, -0.2) is 30.8 Å². The van der Waals surface area contributed by atoms with Gasteiger partial charge in [0, 0.05) is 20.5 Å². The molecule has 0 rings (SSSR count). The van der Waals surface area contributed by atoms with Gasteiger partial charge >= 0.3 is 0 Å². The van der Waals surface area contributed by atoms with Crippen molar-refractivity contribution in [3.05, 3.63) is 12.2 Å². The Kier molecular flexibility index (Phi) is 5.59. The van der Waals surface area contributed by atoms with Crippen LogP contribution >= 0.6 is 0 Å². The largest absolute Gasteiger partial charge is 0.370 e. The minimum absolute atomic E-state index is 0.0425. The van der Waals surface area contributed by atoms with Crippen LogP contribution in [0.1, 0.15) is 19.3 Å². The molecule has 4 nitrogen and oxygen atoms in total. The first-order valence-electron chi connectivity index (χ1n) is 4.20. The summed E-state index contributed by atoms with van der Waals surface area (Å²) < 4.78 is 0. The number of carbonyl (C=O) groups excluding carboxylic acids is 2. The fraction of sp³-hybridized carbons (Fsp3) is 0.556. The predicted octanol–water partition coefficient (Wildman–Crippen LogP) is 0.286. The Morgan fingerprint density at radius 2 is 2.00 bits per heavy atom. The molecular weight excluding hydrogens is 168 g/mol. The zero-order valence-corrected chi connectivity index (χ0v) is 8.12. The van der Waals surface area contributed by atoms with E-state index in [1.54, 1.807) is 20.2 Å². The number of hydrogen-bond donors (Lipinski definition) is 1. The molecule has 0 aromatic heterocycles. The second kappa shape index (κ2) is 6.22. The van der Waals surface area contributed by atoms with Crippen LogP contribution in [0.25, 0.3) is 0 Å². The van der Waals surface area contributed by atoms with Crippen LogP contribution in [0.4, 0.5) is 0 Å². The summed E-state index contributed by atoms with van der Waals surface area (Å²) in [5.41, 5.74) is 4.94. The Morgan fingerprint density at radius 1 is 1.38 bits per heavy atom. The van der Waals surface area contributed by atoms with Crippen molar-refractivity contribution >= 4 is 11.8 Å². The van der Waals surface area contributed by atoms with Crippen molar-refractivity contribution in [2.45, 2.75) is 19.3 Å². The lowest BCUT2D eigenvalue weighted by Crippen LogP contribution is -2.18. The van der Waals surface area contributed by atoms with Gasteiger partial charge < -0.3 is 10.6 Å². The lowest BCUT2D eigenvalue weighted by atomic mass is 10.2. The predicted molar refractivity (Wildman–Crippen MR) is 50.9 cm³/mol. The van der Waals surface area contributed by atoms with Crippen molar-refractivity contribution in [3.63, 3.8) is 0 Å². The third kappa shape index (κ3) is 7.05. The van der Waals surface area contributed by atoms with Crippen molar-refractivity contribution < 1.29 is 9.59 Å². The highest BCUT2D eigenvalue weighted by Crippen LogP contribution is 1.96. The highest BCUT2D eigenvalue weighted by atomic mass is 16.2. The average molecular weight is 184 g/mol. The van der Waals surface area contributed by atoms with Gasteiger partial charge in [-0.2, -0.15) is 0 Å². The molecule has 0 radical (unpaired) electrons. The molecule has 0 aliphatic rings. The summed E-state index contributed by atoms with van der Waals surface area (Å²) in [5.74, 6) is -0.341. The van der Waals surface area contributed by atoms with E-state index in [0.717, 1.165) is 0 Å². The standard InChI is InChI=1S/C9H16N2O2/c1-11(2)9(13)7-5-3-4-6-8(10)12/h5,7H,3-4,6H2,1-2H3,(H2,10,12). The number of hydrogen-bond acceptors (Lipinski definition) is 2. The zero-order chi connectivity index (χ0) is 10.3. The molecule has 0 aliphatic heterocycles. The lowest BCUT2D eigenvalue weighted by molar-refractivity contribution is -0.123. The maximum atomic E-state index is 11.0. The smallest absolute Gasteiger partial charge is 0.245 e. The molecule has 0 spiro atoms. The molecule has 0 fully saturated rings. The number of nitrogens with two attached hydrogens (primary N) is 1. The number of allylic oxidation sites excluding steroid dienone is 1. The third-order valence-electron chi connectivity index (χ3n) is 1.50. The van der Waals surface area contributed by atoms with Crippen molar-refractivity contribution in [2.24, 2.45) is 5.73 Å². The molecule has 2 amide bonds. The van der Waals surface area contributed by atoms with E-state index in [-0.39, 0.29) is 11.8 Å². The summed E-state index contributed by atoms with van der Waals surface area (Å²) in [7, 11) is 3.38. The number of rotatable bonds is 5. The summed E-state index contributed by atoms with van der Waals surface area (Å²) >= 11 is 0. The van der Waals surface area contributed by atoms with E-state index in [1.807, 2.05) is 0 Å². The molecule has 0 atom stereocenters. The van der Waals surface area contributed by atoms with E-state index >= 15 is 0 Å². The second-order valence-electron chi connectivity index (χ2n) is 2.99. The van der Waals surface area contributed by atoms with Gasteiger partial charge in [-0.15, -0.1) is 0 Å². The van der Waals surface area contributed by atoms with Gasteiger partial charge in [0.05, 0.1) is 0 Å². The van der Waals surface area contributed by atoms with Crippen LogP contribution in [-0.2, 0) is 9.59 Å². The lowest BCUT2D eigenvalue weighted by Gasteiger charge is -2.04. The third-order valence-corrected chi connectivity index (χ3v) is 1.50. The highest BCUT2D eigenvalue weighted by Gasteiger charge is 1.96. The van der Waals surface area contributed by atoms with Gasteiger partial charge in [-0.3, -0.25) is 9.59 Å². The van der Waals surface area contributed by atoms with Crippen LogP contribution in [0.15, 0.2) is 12.2 Å². The van der Waals surface area contributed by atoms with E-state index in [1.165, 1.54) is 11.0 Å². The minimum atomic E-state index is -0.299. The maximum absolute atomic E-state index is 11.0. The molecule has 4 heteroatoms. The van der Waals surface area contributed by atoms with Crippen LogP contribution in [0.3, 0.4) is 0 Å².